The average molecular weight is 170 g/mol. The predicted molar refractivity (Wildman–Crippen MR) is 34.4 cm³/mol. The molecule has 0 saturated heterocycles. The monoisotopic (exact) mass is 170 g/mol. The molecule has 0 heterocycles. The van der Waals surface area contributed by atoms with E-state index in [4.69, 9.17) is 5.11 Å². The normalized spacial score (nSPS) is 15.2. The van der Waals surface area contributed by atoms with Crippen LogP contribution >= 0.6 is 7.82 Å². The molecule has 0 saturated carbocycles. The summed E-state index contributed by atoms with van der Waals surface area (Å²) < 4.78 is 24.0. The Morgan fingerprint density at radius 2 is 1.80 bits per heavy atom. The molecule has 0 amide bonds. The van der Waals surface area contributed by atoms with E-state index in [0.717, 1.165) is 0 Å². The van der Waals surface area contributed by atoms with Gasteiger partial charge in [0.2, 0.25) is 0 Å². The summed E-state index contributed by atoms with van der Waals surface area (Å²) in [4.78, 5) is 0. The SMILES string of the molecule is COP(=O)(OC)OC(C)O. The van der Waals surface area contributed by atoms with Gasteiger partial charge in [-0.3, -0.25) is 13.6 Å². The predicted octanol–water partition coefficient (Wildman–Crippen LogP) is 0.742. The first-order chi connectivity index (χ1) is 4.54. The molecule has 10 heavy (non-hydrogen) atoms. The van der Waals surface area contributed by atoms with Gasteiger partial charge in [0.25, 0.3) is 0 Å². The van der Waals surface area contributed by atoms with Crippen LogP contribution in [0.5, 0.6) is 0 Å². The Hall–Kier alpha value is 0.0700. The van der Waals surface area contributed by atoms with Crippen molar-refractivity contribution < 1.29 is 23.2 Å². The van der Waals surface area contributed by atoms with Crippen molar-refractivity contribution in [2.24, 2.45) is 0 Å². The third-order valence-corrected chi connectivity index (χ3v) is 2.19. The molecular weight excluding hydrogens is 159 g/mol. The van der Waals surface area contributed by atoms with E-state index in [2.05, 4.69) is 13.6 Å². The van der Waals surface area contributed by atoms with Crippen molar-refractivity contribution in [1.29, 1.82) is 0 Å². The Labute approximate surface area is 59.5 Å². The van der Waals surface area contributed by atoms with Crippen molar-refractivity contribution in [2.75, 3.05) is 14.2 Å². The van der Waals surface area contributed by atoms with E-state index in [1.165, 1.54) is 21.1 Å². The smallest absolute Gasteiger partial charge is 0.368 e. The summed E-state index contributed by atoms with van der Waals surface area (Å²) in [5.74, 6) is 0. The summed E-state index contributed by atoms with van der Waals surface area (Å²) in [6, 6.07) is 0. The van der Waals surface area contributed by atoms with Crippen LogP contribution in [0.1, 0.15) is 6.92 Å². The van der Waals surface area contributed by atoms with E-state index in [1.54, 1.807) is 0 Å². The Morgan fingerprint density at radius 3 is 1.90 bits per heavy atom. The summed E-state index contributed by atoms with van der Waals surface area (Å²) in [7, 11) is -1.14. The zero-order valence-corrected chi connectivity index (χ0v) is 7.00. The molecule has 0 bridgehead atoms. The maximum Gasteiger partial charge on any atom is 0.476 e. The quantitative estimate of drug-likeness (QED) is 0.498. The average Bonchev–Trinajstić information content (AvgIpc) is 1.87. The molecule has 0 aromatic carbocycles. The number of hydrogen-bond acceptors (Lipinski definition) is 5. The fourth-order valence-electron chi connectivity index (χ4n) is 0.347. The zero-order valence-electron chi connectivity index (χ0n) is 6.10. The highest BCUT2D eigenvalue weighted by Crippen LogP contribution is 2.48. The van der Waals surface area contributed by atoms with E-state index < -0.39 is 14.1 Å². The molecular formula is C4H11O5P. The summed E-state index contributed by atoms with van der Waals surface area (Å²) in [5.41, 5.74) is 0. The molecule has 0 aliphatic carbocycles. The molecule has 5 nitrogen and oxygen atoms in total. The Balaban J connectivity index is 3.94. The second-order valence-electron chi connectivity index (χ2n) is 1.52. The number of phosphoric ester groups is 1. The summed E-state index contributed by atoms with van der Waals surface area (Å²) >= 11 is 0. The van der Waals surface area contributed by atoms with Gasteiger partial charge in [-0.05, 0) is 6.92 Å². The van der Waals surface area contributed by atoms with Crippen LogP contribution in [0, 0.1) is 0 Å². The number of aliphatic hydroxyl groups excluding tert-OH is 1. The van der Waals surface area contributed by atoms with E-state index in [9.17, 15) is 4.57 Å². The standard InChI is InChI=1S/C4H11O5P/c1-4(5)9-10(6,7-2)8-3/h4-5H,1-3H3. The number of aliphatic hydroxyl groups is 1. The molecule has 0 spiro atoms. The fourth-order valence-corrected chi connectivity index (χ4v) is 1.04. The van der Waals surface area contributed by atoms with Crippen molar-refractivity contribution in [2.45, 2.75) is 13.2 Å². The molecule has 0 aromatic heterocycles. The van der Waals surface area contributed by atoms with Crippen LogP contribution in [0.2, 0.25) is 0 Å². The first-order valence-corrected chi connectivity index (χ1v) is 4.08. The van der Waals surface area contributed by atoms with Gasteiger partial charge in [0.15, 0.2) is 6.29 Å². The lowest BCUT2D eigenvalue weighted by Crippen LogP contribution is -2.05. The third kappa shape index (κ3) is 3.29. The van der Waals surface area contributed by atoms with Crippen LogP contribution in [0.15, 0.2) is 0 Å². The van der Waals surface area contributed by atoms with Gasteiger partial charge in [0, 0.05) is 14.2 Å². The van der Waals surface area contributed by atoms with Crippen LogP contribution in [0.4, 0.5) is 0 Å². The first-order valence-electron chi connectivity index (χ1n) is 2.62. The molecule has 1 N–H and O–H groups in total. The van der Waals surface area contributed by atoms with Gasteiger partial charge in [0.05, 0.1) is 0 Å². The highest BCUT2D eigenvalue weighted by Gasteiger charge is 2.24. The van der Waals surface area contributed by atoms with Crippen molar-refractivity contribution in [1.82, 2.24) is 0 Å². The van der Waals surface area contributed by atoms with Gasteiger partial charge in [-0.15, -0.1) is 0 Å². The molecule has 6 heteroatoms. The summed E-state index contributed by atoms with van der Waals surface area (Å²) in [5, 5.41) is 8.60. The molecule has 0 aliphatic rings. The van der Waals surface area contributed by atoms with Crippen molar-refractivity contribution in [3.05, 3.63) is 0 Å². The van der Waals surface area contributed by atoms with E-state index in [-0.39, 0.29) is 0 Å². The summed E-state index contributed by atoms with van der Waals surface area (Å²) in [6.07, 6.45) is -1.16. The van der Waals surface area contributed by atoms with Gasteiger partial charge in [-0.2, -0.15) is 0 Å². The molecule has 1 atom stereocenters. The lowest BCUT2D eigenvalue weighted by atomic mass is 10.8. The van der Waals surface area contributed by atoms with Gasteiger partial charge in [0.1, 0.15) is 0 Å². The number of hydrogen-bond donors (Lipinski definition) is 1. The second-order valence-corrected chi connectivity index (χ2v) is 3.35. The van der Waals surface area contributed by atoms with Gasteiger partial charge in [-0.1, -0.05) is 0 Å². The van der Waals surface area contributed by atoms with Crippen LogP contribution in [-0.4, -0.2) is 25.6 Å². The molecule has 1 unspecified atom stereocenters. The molecule has 0 fully saturated rings. The molecule has 0 rings (SSSR count). The fraction of sp³-hybridized carbons (Fsp3) is 1.00. The maximum atomic E-state index is 10.9. The highest BCUT2D eigenvalue weighted by molar-refractivity contribution is 7.48. The highest BCUT2D eigenvalue weighted by atomic mass is 31.2. The van der Waals surface area contributed by atoms with Crippen LogP contribution in [0.25, 0.3) is 0 Å². The lowest BCUT2D eigenvalue weighted by Gasteiger charge is -2.14. The van der Waals surface area contributed by atoms with E-state index >= 15 is 0 Å². The minimum atomic E-state index is -3.49. The lowest BCUT2D eigenvalue weighted by molar-refractivity contribution is -0.0280. The summed E-state index contributed by atoms with van der Waals surface area (Å²) in [6.45, 7) is 1.31. The van der Waals surface area contributed by atoms with E-state index in [0.29, 0.717) is 0 Å². The molecule has 0 aliphatic heterocycles. The maximum absolute atomic E-state index is 10.9. The number of rotatable bonds is 4. The van der Waals surface area contributed by atoms with Crippen LogP contribution < -0.4 is 0 Å². The number of phosphoric acid groups is 1. The van der Waals surface area contributed by atoms with Crippen molar-refractivity contribution in [3.63, 3.8) is 0 Å². The molecule has 62 valence electrons. The molecule has 0 aromatic rings. The van der Waals surface area contributed by atoms with Crippen molar-refractivity contribution in [3.8, 4) is 0 Å². The topological polar surface area (TPSA) is 65.0 Å². The Morgan fingerprint density at radius 1 is 1.40 bits per heavy atom. The third-order valence-electron chi connectivity index (χ3n) is 0.729. The minimum absolute atomic E-state index is 1.16. The van der Waals surface area contributed by atoms with Gasteiger partial charge < -0.3 is 5.11 Å². The first kappa shape index (κ1) is 10.1. The Kier molecular flexibility index (Phi) is 4.08. The van der Waals surface area contributed by atoms with Gasteiger partial charge >= 0.3 is 7.82 Å². The molecule has 0 radical (unpaired) electrons. The van der Waals surface area contributed by atoms with Crippen LogP contribution in [0.3, 0.4) is 0 Å². The zero-order chi connectivity index (χ0) is 8.20. The largest absolute Gasteiger partial charge is 0.476 e. The Bertz CT molecular complexity index is 126. The van der Waals surface area contributed by atoms with Crippen LogP contribution in [-0.2, 0) is 18.1 Å². The van der Waals surface area contributed by atoms with E-state index in [1.807, 2.05) is 0 Å². The second kappa shape index (κ2) is 4.05. The van der Waals surface area contributed by atoms with Crippen molar-refractivity contribution >= 4 is 7.82 Å². The van der Waals surface area contributed by atoms with Gasteiger partial charge in [-0.25, -0.2) is 4.57 Å². The minimum Gasteiger partial charge on any atom is -0.368 e.